The van der Waals surface area contributed by atoms with Gasteiger partial charge < -0.3 is 16.2 Å². The fraction of sp³-hybridized carbons (Fsp3) is 0.545. The maximum absolute atomic E-state index is 6.13. The van der Waals surface area contributed by atoms with E-state index in [-0.39, 0.29) is 12.1 Å². The van der Waals surface area contributed by atoms with Crippen molar-refractivity contribution in [3.05, 3.63) is 24.0 Å². The highest BCUT2D eigenvalue weighted by molar-refractivity contribution is 7.99. The molecule has 88 valence electrons. The summed E-state index contributed by atoms with van der Waals surface area (Å²) in [5.74, 6) is 2.04. The lowest BCUT2D eigenvalue weighted by atomic mass is 10.0. The van der Waals surface area contributed by atoms with Gasteiger partial charge in [-0.25, -0.2) is 0 Å². The summed E-state index contributed by atoms with van der Waals surface area (Å²) < 4.78 is 5.64. The Bertz CT molecular complexity index is 342. The molecule has 1 fully saturated rings. The van der Waals surface area contributed by atoms with Crippen LogP contribution in [0.1, 0.15) is 5.56 Å². The van der Waals surface area contributed by atoms with Gasteiger partial charge in [0.15, 0.2) is 0 Å². The predicted molar refractivity (Wildman–Crippen MR) is 67.4 cm³/mol. The molecule has 1 aliphatic heterocycles. The smallest absolute Gasteiger partial charge is 0.0819 e. The van der Waals surface area contributed by atoms with Gasteiger partial charge in [-0.05, 0) is 18.1 Å². The van der Waals surface area contributed by atoms with E-state index in [1.54, 1.807) is 18.5 Å². The molecular weight excluding hydrogens is 222 g/mol. The molecule has 0 radical (unpaired) electrons. The van der Waals surface area contributed by atoms with Crippen molar-refractivity contribution in [1.29, 1.82) is 0 Å². The second-order valence-corrected chi connectivity index (χ2v) is 5.08. The van der Waals surface area contributed by atoms with Crippen molar-refractivity contribution < 1.29 is 4.74 Å². The molecule has 4 N–H and O–H groups in total. The Hall–Kier alpha value is -0.780. The van der Waals surface area contributed by atoms with Crippen LogP contribution in [0.3, 0.4) is 0 Å². The Labute approximate surface area is 99.8 Å². The van der Waals surface area contributed by atoms with E-state index in [0.717, 1.165) is 35.8 Å². The van der Waals surface area contributed by atoms with Gasteiger partial charge in [-0.2, -0.15) is 11.8 Å². The lowest BCUT2D eigenvalue weighted by Gasteiger charge is -2.27. The monoisotopic (exact) mass is 239 g/mol. The number of rotatable bonds is 3. The van der Waals surface area contributed by atoms with Crippen LogP contribution in [-0.2, 0) is 11.2 Å². The minimum absolute atomic E-state index is 0.000648. The first-order valence-electron chi connectivity index (χ1n) is 5.40. The molecular formula is C11H17N3OS. The SMILES string of the molecule is Nc1ccncc1CC(N)C1CSCCO1. The van der Waals surface area contributed by atoms with Gasteiger partial charge in [0.05, 0.1) is 12.7 Å². The van der Waals surface area contributed by atoms with Crippen LogP contribution in [-0.4, -0.2) is 35.2 Å². The summed E-state index contributed by atoms with van der Waals surface area (Å²) in [5, 5.41) is 0. The van der Waals surface area contributed by atoms with Gasteiger partial charge in [0.2, 0.25) is 0 Å². The van der Waals surface area contributed by atoms with Gasteiger partial charge in [-0.3, -0.25) is 4.98 Å². The molecule has 0 aromatic carbocycles. The van der Waals surface area contributed by atoms with E-state index in [1.165, 1.54) is 0 Å². The minimum atomic E-state index is -0.000648. The van der Waals surface area contributed by atoms with Crippen LogP contribution < -0.4 is 11.5 Å². The highest BCUT2D eigenvalue weighted by Gasteiger charge is 2.22. The summed E-state index contributed by atoms with van der Waals surface area (Å²) in [6.45, 7) is 0.797. The van der Waals surface area contributed by atoms with Gasteiger partial charge in [0.1, 0.15) is 0 Å². The maximum atomic E-state index is 6.13. The number of ether oxygens (including phenoxy) is 1. The van der Waals surface area contributed by atoms with Crippen molar-refractivity contribution in [3.63, 3.8) is 0 Å². The van der Waals surface area contributed by atoms with Gasteiger partial charge in [0, 0.05) is 35.6 Å². The lowest BCUT2D eigenvalue weighted by molar-refractivity contribution is 0.0572. The zero-order valence-corrected chi connectivity index (χ0v) is 9.95. The summed E-state index contributed by atoms with van der Waals surface area (Å²) in [6, 6.07) is 1.80. The third-order valence-corrected chi connectivity index (χ3v) is 3.74. The normalized spacial score (nSPS) is 22.9. The van der Waals surface area contributed by atoms with Crippen molar-refractivity contribution in [2.45, 2.75) is 18.6 Å². The molecule has 0 saturated carbocycles. The average Bonchev–Trinajstić information content (AvgIpc) is 2.33. The number of thioether (sulfide) groups is 1. The summed E-state index contributed by atoms with van der Waals surface area (Å²) in [7, 11) is 0. The Balaban J connectivity index is 1.96. The Morgan fingerprint density at radius 3 is 3.19 bits per heavy atom. The first-order chi connectivity index (χ1) is 7.77. The Kier molecular flexibility index (Phi) is 4.04. The first-order valence-corrected chi connectivity index (χ1v) is 6.56. The van der Waals surface area contributed by atoms with Crippen molar-refractivity contribution >= 4 is 17.4 Å². The number of nitrogens with two attached hydrogens (primary N) is 2. The van der Waals surface area contributed by atoms with E-state index in [2.05, 4.69) is 4.98 Å². The van der Waals surface area contributed by atoms with Gasteiger partial charge >= 0.3 is 0 Å². The van der Waals surface area contributed by atoms with Crippen LogP contribution in [0.4, 0.5) is 5.69 Å². The highest BCUT2D eigenvalue weighted by Crippen LogP contribution is 2.18. The Morgan fingerprint density at radius 2 is 2.50 bits per heavy atom. The van der Waals surface area contributed by atoms with Gasteiger partial charge in [-0.15, -0.1) is 0 Å². The second kappa shape index (κ2) is 5.52. The molecule has 2 unspecified atom stereocenters. The van der Waals surface area contributed by atoms with E-state index in [0.29, 0.717) is 0 Å². The highest BCUT2D eigenvalue weighted by atomic mass is 32.2. The number of hydrogen-bond donors (Lipinski definition) is 2. The molecule has 1 aromatic heterocycles. The molecule has 1 saturated heterocycles. The average molecular weight is 239 g/mol. The van der Waals surface area contributed by atoms with Crippen LogP contribution >= 0.6 is 11.8 Å². The number of pyridine rings is 1. The van der Waals surface area contributed by atoms with Crippen LogP contribution in [0.2, 0.25) is 0 Å². The van der Waals surface area contributed by atoms with Crippen molar-refractivity contribution in [2.24, 2.45) is 5.73 Å². The number of anilines is 1. The standard InChI is InChI=1S/C11H17N3OS/c12-9-1-2-14-6-8(9)5-10(13)11-7-16-4-3-15-11/h1-2,6,10-11H,3-5,7,13H2,(H2,12,14). The third kappa shape index (κ3) is 2.87. The van der Waals surface area contributed by atoms with E-state index in [4.69, 9.17) is 16.2 Å². The fourth-order valence-corrected chi connectivity index (χ4v) is 2.70. The summed E-state index contributed by atoms with van der Waals surface area (Å²) in [4.78, 5) is 4.06. The molecule has 2 rings (SSSR count). The van der Waals surface area contributed by atoms with Crippen molar-refractivity contribution in [3.8, 4) is 0 Å². The van der Waals surface area contributed by atoms with Crippen molar-refractivity contribution in [2.75, 3.05) is 23.8 Å². The van der Waals surface area contributed by atoms with Gasteiger partial charge in [-0.1, -0.05) is 0 Å². The molecule has 0 aliphatic carbocycles. The van der Waals surface area contributed by atoms with E-state index in [9.17, 15) is 0 Å². The predicted octanol–water partition coefficient (Wildman–Crippen LogP) is 0.666. The number of nitrogens with zero attached hydrogens (tertiary/aromatic N) is 1. The molecule has 4 nitrogen and oxygen atoms in total. The molecule has 16 heavy (non-hydrogen) atoms. The summed E-state index contributed by atoms with van der Waals surface area (Å²) in [6.07, 6.45) is 4.34. The third-order valence-electron chi connectivity index (χ3n) is 2.72. The molecule has 1 aromatic rings. The number of nitrogen functional groups attached to an aromatic ring is 1. The summed E-state index contributed by atoms with van der Waals surface area (Å²) in [5.41, 5.74) is 13.8. The van der Waals surface area contributed by atoms with Crippen molar-refractivity contribution in [1.82, 2.24) is 4.98 Å². The Morgan fingerprint density at radius 1 is 1.62 bits per heavy atom. The van der Waals surface area contributed by atoms with Gasteiger partial charge in [0.25, 0.3) is 0 Å². The van der Waals surface area contributed by atoms with E-state index < -0.39 is 0 Å². The molecule has 5 heteroatoms. The topological polar surface area (TPSA) is 74.2 Å². The van der Waals surface area contributed by atoms with Crippen LogP contribution in [0.25, 0.3) is 0 Å². The van der Waals surface area contributed by atoms with E-state index >= 15 is 0 Å². The number of aromatic nitrogens is 1. The van der Waals surface area contributed by atoms with Crippen LogP contribution in [0, 0.1) is 0 Å². The largest absolute Gasteiger partial charge is 0.398 e. The zero-order chi connectivity index (χ0) is 11.4. The van der Waals surface area contributed by atoms with Crippen LogP contribution in [0.5, 0.6) is 0 Å². The first kappa shape index (κ1) is 11.7. The fourth-order valence-electron chi connectivity index (χ4n) is 1.75. The molecule has 2 heterocycles. The molecule has 0 amide bonds. The summed E-state index contributed by atoms with van der Waals surface area (Å²) >= 11 is 1.89. The zero-order valence-electron chi connectivity index (χ0n) is 9.13. The maximum Gasteiger partial charge on any atom is 0.0819 e. The lowest BCUT2D eigenvalue weighted by Crippen LogP contribution is -2.42. The molecule has 0 spiro atoms. The van der Waals surface area contributed by atoms with E-state index in [1.807, 2.05) is 11.8 Å². The molecule has 1 aliphatic rings. The number of hydrogen-bond acceptors (Lipinski definition) is 5. The quantitative estimate of drug-likeness (QED) is 0.811. The molecule has 2 atom stereocenters. The molecule has 0 bridgehead atoms. The van der Waals surface area contributed by atoms with Crippen LogP contribution in [0.15, 0.2) is 18.5 Å². The minimum Gasteiger partial charge on any atom is -0.398 e. The second-order valence-electron chi connectivity index (χ2n) is 3.93.